The predicted molar refractivity (Wildman–Crippen MR) is 66.1 cm³/mol. The average molecular weight is 300 g/mol. The predicted octanol–water partition coefficient (Wildman–Crippen LogP) is 1.90. The molecule has 1 atom stereocenters. The van der Waals surface area contributed by atoms with Gasteiger partial charge in [-0.1, -0.05) is 0 Å². The van der Waals surface area contributed by atoms with Gasteiger partial charge in [0.15, 0.2) is 6.10 Å². The van der Waals surface area contributed by atoms with Crippen LogP contribution in [-0.4, -0.2) is 25.8 Å². The summed E-state index contributed by atoms with van der Waals surface area (Å²) in [6.45, 7) is 1.45. The van der Waals surface area contributed by atoms with Gasteiger partial charge in [-0.15, -0.1) is 0 Å². The van der Waals surface area contributed by atoms with Crippen LogP contribution in [0.25, 0.3) is 0 Å². The standard InChI is InChI=1S/C11H11BrFN3O/c12-8-3-10(15)11(4-9(8)13)16-1-2-17-7(5-14)6-16/h3-4,7H,1-2,6,15H2. The van der Waals surface area contributed by atoms with Crippen molar-refractivity contribution in [2.45, 2.75) is 6.10 Å². The third-order valence-electron chi connectivity index (χ3n) is 2.62. The van der Waals surface area contributed by atoms with Crippen LogP contribution in [-0.2, 0) is 4.74 Å². The number of nitrogens with two attached hydrogens (primary N) is 1. The molecule has 1 aliphatic rings. The highest BCUT2D eigenvalue weighted by Gasteiger charge is 2.22. The molecule has 2 N–H and O–H groups in total. The number of nitriles is 1. The lowest BCUT2D eigenvalue weighted by atomic mass is 10.2. The van der Waals surface area contributed by atoms with E-state index in [2.05, 4.69) is 15.9 Å². The summed E-state index contributed by atoms with van der Waals surface area (Å²) in [5.74, 6) is -0.366. The van der Waals surface area contributed by atoms with Gasteiger partial charge in [0, 0.05) is 12.6 Å². The molecule has 6 heteroatoms. The molecule has 0 aliphatic carbocycles. The van der Waals surface area contributed by atoms with Crippen molar-refractivity contribution in [1.29, 1.82) is 5.26 Å². The first-order valence-corrected chi connectivity index (χ1v) is 5.92. The van der Waals surface area contributed by atoms with E-state index in [0.717, 1.165) is 0 Å². The Bertz CT molecular complexity index is 475. The maximum absolute atomic E-state index is 13.5. The lowest BCUT2D eigenvalue weighted by molar-refractivity contribution is 0.0765. The van der Waals surface area contributed by atoms with Crippen LogP contribution in [0.1, 0.15) is 0 Å². The molecule has 4 nitrogen and oxygen atoms in total. The molecule has 1 unspecified atom stereocenters. The fourth-order valence-corrected chi connectivity index (χ4v) is 2.13. The fraction of sp³-hybridized carbons (Fsp3) is 0.364. The molecule has 0 amide bonds. The van der Waals surface area contributed by atoms with Gasteiger partial charge >= 0.3 is 0 Å². The summed E-state index contributed by atoms with van der Waals surface area (Å²) in [5, 5.41) is 8.81. The molecule has 0 spiro atoms. The first-order chi connectivity index (χ1) is 8.11. The summed E-state index contributed by atoms with van der Waals surface area (Å²) in [4.78, 5) is 1.86. The molecule has 1 aromatic carbocycles. The number of benzene rings is 1. The average Bonchev–Trinajstić information content (AvgIpc) is 2.34. The monoisotopic (exact) mass is 299 g/mol. The van der Waals surface area contributed by atoms with Gasteiger partial charge < -0.3 is 15.4 Å². The van der Waals surface area contributed by atoms with E-state index in [1.54, 1.807) is 0 Å². The van der Waals surface area contributed by atoms with E-state index >= 15 is 0 Å². The Hall–Kier alpha value is -1.32. The molecule has 1 aliphatic heterocycles. The van der Waals surface area contributed by atoms with E-state index in [-0.39, 0.29) is 5.82 Å². The maximum Gasteiger partial charge on any atom is 0.161 e. The Kier molecular flexibility index (Phi) is 3.50. The SMILES string of the molecule is N#CC1CN(c2cc(F)c(Br)cc2N)CCO1. The summed E-state index contributed by atoms with van der Waals surface area (Å²) in [6.07, 6.45) is -0.491. The van der Waals surface area contributed by atoms with Crippen LogP contribution >= 0.6 is 15.9 Å². The Labute approximate surface area is 107 Å². The van der Waals surface area contributed by atoms with Crippen LogP contribution < -0.4 is 10.6 Å². The van der Waals surface area contributed by atoms with E-state index in [0.29, 0.717) is 35.5 Å². The number of hydrogen-bond acceptors (Lipinski definition) is 4. The van der Waals surface area contributed by atoms with Crippen molar-refractivity contribution in [3.8, 4) is 6.07 Å². The van der Waals surface area contributed by atoms with Gasteiger partial charge in [0.1, 0.15) is 5.82 Å². The first-order valence-electron chi connectivity index (χ1n) is 5.12. The van der Waals surface area contributed by atoms with Crippen LogP contribution in [0.4, 0.5) is 15.8 Å². The Morgan fingerprint density at radius 1 is 1.59 bits per heavy atom. The zero-order chi connectivity index (χ0) is 12.4. The topological polar surface area (TPSA) is 62.3 Å². The van der Waals surface area contributed by atoms with E-state index in [1.807, 2.05) is 11.0 Å². The molecule has 0 radical (unpaired) electrons. The van der Waals surface area contributed by atoms with E-state index < -0.39 is 6.10 Å². The molecular formula is C11H11BrFN3O. The molecule has 0 aromatic heterocycles. The number of ether oxygens (including phenoxy) is 1. The van der Waals surface area contributed by atoms with Gasteiger partial charge in [-0.25, -0.2) is 4.39 Å². The zero-order valence-electron chi connectivity index (χ0n) is 8.99. The van der Waals surface area contributed by atoms with Crippen LogP contribution in [0.3, 0.4) is 0 Å². The molecule has 0 bridgehead atoms. The van der Waals surface area contributed by atoms with Crippen molar-refractivity contribution in [2.75, 3.05) is 30.3 Å². The van der Waals surface area contributed by atoms with Gasteiger partial charge in [0.25, 0.3) is 0 Å². The van der Waals surface area contributed by atoms with Crippen molar-refractivity contribution in [1.82, 2.24) is 0 Å². The molecule has 0 saturated carbocycles. The Morgan fingerprint density at radius 3 is 3.06 bits per heavy atom. The summed E-state index contributed by atoms with van der Waals surface area (Å²) in [6, 6.07) is 4.94. The lowest BCUT2D eigenvalue weighted by Crippen LogP contribution is -2.42. The number of morpholine rings is 1. The number of anilines is 2. The minimum Gasteiger partial charge on any atom is -0.397 e. The molecule has 1 saturated heterocycles. The van der Waals surface area contributed by atoms with E-state index in [4.69, 9.17) is 15.7 Å². The van der Waals surface area contributed by atoms with Crippen molar-refractivity contribution in [2.24, 2.45) is 0 Å². The minimum atomic E-state index is -0.491. The fourth-order valence-electron chi connectivity index (χ4n) is 1.77. The Morgan fingerprint density at radius 2 is 2.35 bits per heavy atom. The third-order valence-corrected chi connectivity index (χ3v) is 3.23. The van der Waals surface area contributed by atoms with Crippen LogP contribution in [0.15, 0.2) is 16.6 Å². The lowest BCUT2D eigenvalue weighted by Gasteiger charge is -2.32. The van der Waals surface area contributed by atoms with Gasteiger partial charge in [0.2, 0.25) is 0 Å². The van der Waals surface area contributed by atoms with Gasteiger partial charge in [-0.3, -0.25) is 0 Å². The summed E-state index contributed by atoms with van der Waals surface area (Å²) >= 11 is 3.08. The normalized spacial score (nSPS) is 20.1. The number of halogens is 2. The largest absolute Gasteiger partial charge is 0.397 e. The molecular weight excluding hydrogens is 289 g/mol. The van der Waals surface area contributed by atoms with Crippen molar-refractivity contribution < 1.29 is 9.13 Å². The number of nitrogens with zero attached hydrogens (tertiary/aromatic N) is 2. The molecule has 17 heavy (non-hydrogen) atoms. The number of nitrogen functional groups attached to an aromatic ring is 1. The van der Waals surface area contributed by atoms with E-state index in [9.17, 15) is 4.39 Å². The van der Waals surface area contributed by atoms with Gasteiger partial charge in [-0.05, 0) is 22.0 Å². The Balaban J connectivity index is 2.28. The summed E-state index contributed by atoms with van der Waals surface area (Å²) < 4.78 is 19.0. The summed E-state index contributed by atoms with van der Waals surface area (Å²) in [7, 11) is 0. The molecule has 1 fully saturated rings. The van der Waals surface area contributed by atoms with Gasteiger partial charge in [-0.2, -0.15) is 5.26 Å². The van der Waals surface area contributed by atoms with Crippen molar-refractivity contribution >= 4 is 27.3 Å². The van der Waals surface area contributed by atoms with Gasteiger partial charge in [0.05, 0.1) is 35.1 Å². The smallest absolute Gasteiger partial charge is 0.161 e. The number of rotatable bonds is 1. The molecule has 1 heterocycles. The van der Waals surface area contributed by atoms with Crippen LogP contribution in [0, 0.1) is 17.1 Å². The molecule has 1 aromatic rings. The zero-order valence-corrected chi connectivity index (χ0v) is 10.6. The second-order valence-corrected chi connectivity index (χ2v) is 4.61. The highest BCUT2D eigenvalue weighted by Crippen LogP contribution is 2.30. The minimum absolute atomic E-state index is 0.337. The first kappa shape index (κ1) is 12.1. The van der Waals surface area contributed by atoms with Crippen LogP contribution in [0.2, 0.25) is 0 Å². The van der Waals surface area contributed by atoms with Crippen molar-refractivity contribution in [3.05, 3.63) is 22.4 Å². The molecule has 90 valence electrons. The van der Waals surface area contributed by atoms with Crippen LogP contribution in [0.5, 0.6) is 0 Å². The van der Waals surface area contributed by atoms with Crippen molar-refractivity contribution in [3.63, 3.8) is 0 Å². The second-order valence-electron chi connectivity index (χ2n) is 3.76. The quantitative estimate of drug-likeness (QED) is 0.805. The highest BCUT2D eigenvalue weighted by molar-refractivity contribution is 9.10. The summed E-state index contributed by atoms with van der Waals surface area (Å²) in [5.41, 5.74) is 6.93. The number of hydrogen-bond donors (Lipinski definition) is 1. The van der Waals surface area contributed by atoms with E-state index in [1.165, 1.54) is 12.1 Å². The highest BCUT2D eigenvalue weighted by atomic mass is 79.9. The molecule has 2 rings (SSSR count). The maximum atomic E-state index is 13.5. The third kappa shape index (κ3) is 2.51. The second kappa shape index (κ2) is 4.90.